The number of likely N-dealkylation sites (tertiary alicyclic amines) is 1. The number of carbonyl (C=O) groups is 1. The molecule has 2 rings (SSSR count). The molecule has 1 aromatic rings. The first-order chi connectivity index (χ1) is 14.9. The molecule has 1 saturated heterocycles. The van der Waals surface area contributed by atoms with E-state index in [0.29, 0.717) is 37.7 Å². The fraction of sp³-hybridized carbons (Fsp3) is 0.636. The lowest BCUT2D eigenvalue weighted by Gasteiger charge is -2.33. The predicted octanol–water partition coefficient (Wildman–Crippen LogP) is 2.71. The highest BCUT2D eigenvalue weighted by Gasteiger charge is 2.24. The van der Waals surface area contributed by atoms with Crippen molar-refractivity contribution in [1.82, 2.24) is 20.4 Å². The summed E-state index contributed by atoms with van der Waals surface area (Å²) >= 11 is 0. The lowest BCUT2D eigenvalue weighted by atomic mass is 10.0. The summed E-state index contributed by atoms with van der Waals surface area (Å²) in [6, 6.07) is 6.36. The van der Waals surface area contributed by atoms with Crippen molar-refractivity contribution in [3.8, 4) is 11.5 Å². The lowest BCUT2D eigenvalue weighted by molar-refractivity contribution is 0.0963. The van der Waals surface area contributed by atoms with Crippen LogP contribution in [0, 0.1) is 0 Å². The van der Waals surface area contributed by atoms with Crippen molar-refractivity contribution in [1.29, 1.82) is 0 Å². The van der Waals surface area contributed by atoms with Gasteiger partial charge < -0.3 is 34.6 Å². The molecule has 1 heterocycles. The number of hydrogen-bond donors (Lipinski definition) is 2. The van der Waals surface area contributed by atoms with Gasteiger partial charge in [0.2, 0.25) is 0 Å². The summed E-state index contributed by atoms with van der Waals surface area (Å²) in [5.41, 5.74) is 1.12. The first-order valence-electron chi connectivity index (χ1n) is 10.7. The number of piperidine rings is 1. The third kappa shape index (κ3) is 7.88. The van der Waals surface area contributed by atoms with E-state index in [-0.39, 0.29) is 42.2 Å². The van der Waals surface area contributed by atoms with Crippen LogP contribution >= 0.6 is 24.0 Å². The van der Waals surface area contributed by atoms with E-state index in [1.165, 1.54) is 0 Å². The minimum absolute atomic E-state index is 0. The summed E-state index contributed by atoms with van der Waals surface area (Å²) in [5.74, 6) is 2.17. The second kappa shape index (κ2) is 14.2. The number of benzene rings is 1. The van der Waals surface area contributed by atoms with E-state index in [1.54, 1.807) is 26.2 Å². The Morgan fingerprint density at radius 3 is 2.41 bits per heavy atom. The van der Waals surface area contributed by atoms with Gasteiger partial charge >= 0.3 is 6.09 Å². The molecule has 0 bridgehead atoms. The minimum atomic E-state index is -0.229. The van der Waals surface area contributed by atoms with Crippen molar-refractivity contribution in [2.75, 3.05) is 61.6 Å². The predicted molar refractivity (Wildman–Crippen MR) is 138 cm³/mol. The molecule has 1 unspecified atom stereocenters. The van der Waals surface area contributed by atoms with Gasteiger partial charge in [-0.15, -0.1) is 24.0 Å². The number of likely N-dealkylation sites (N-methyl/N-ethyl adjacent to an activating group) is 1. The highest BCUT2D eigenvalue weighted by atomic mass is 127. The summed E-state index contributed by atoms with van der Waals surface area (Å²) in [6.45, 7) is 4.26. The van der Waals surface area contributed by atoms with Crippen LogP contribution < -0.4 is 20.1 Å². The average Bonchev–Trinajstić information content (AvgIpc) is 2.78. The van der Waals surface area contributed by atoms with Crippen LogP contribution in [0.4, 0.5) is 4.79 Å². The fourth-order valence-corrected chi connectivity index (χ4v) is 3.66. The Kier molecular flexibility index (Phi) is 12.5. The zero-order chi connectivity index (χ0) is 22.8. The molecule has 32 heavy (non-hydrogen) atoms. The molecule has 0 spiro atoms. The van der Waals surface area contributed by atoms with E-state index >= 15 is 0 Å². The first kappa shape index (κ1) is 28.1. The second-order valence-corrected chi connectivity index (χ2v) is 7.65. The van der Waals surface area contributed by atoms with E-state index in [2.05, 4.69) is 26.6 Å². The quantitative estimate of drug-likeness (QED) is 0.286. The number of carbonyl (C=O) groups excluding carboxylic acids is 1. The van der Waals surface area contributed by atoms with E-state index in [1.807, 2.05) is 33.2 Å². The van der Waals surface area contributed by atoms with Crippen LogP contribution in [0.15, 0.2) is 23.2 Å². The molecule has 1 aromatic carbocycles. The molecule has 0 aromatic heterocycles. The Morgan fingerprint density at radius 2 is 1.88 bits per heavy atom. The molecule has 1 aliphatic rings. The van der Waals surface area contributed by atoms with Crippen LogP contribution in [-0.4, -0.2) is 89.5 Å². The van der Waals surface area contributed by atoms with Gasteiger partial charge in [-0.3, -0.25) is 4.99 Å². The molecule has 10 heteroatoms. The number of ether oxygens (including phenoxy) is 3. The Balaban J connectivity index is 0.00000512. The van der Waals surface area contributed by atoms with Crippen molar-refractivity contribution >= 4 is 36.0 Å². The molecule has 0 aliphatic carbocycles. The number of nitrogens with one attached hydrogen (secondary N) is 2. The van der Waals surface area contributed by atoms with Crippen LogP contribution in [-0.2, 0) is 4.74 Å². The molecule has 1 aliphatic heterocycles. The van der Waals surface area contributed by atoms with Gasteiger partial charge in [-0.1, -0.05) is 6.07 Å². The van der Waals surface area contributed by atoms with Crippen molar-refractivity contribution in [3.63, 3.8) is 0 Å². The summed E-state index contributed by atoms with van der Waals surface area (Å²) in [4.78, 5) is 20.2. The zero-order valence-corrected chi connectivity index (χ0v) is 22.3. The standard InChI is InChI=1S/C22H37N5O4.HI/c1-7-31-22(28)27-12-10-17(11-13-27)25-21(23-2)24-15-18(26(3)4)16-8-9-19(29-5)20(14-16)30-6;/h8-9,14,17-18H,7,10-13,15H2,1-6H3,(H2,23,24,25);1H. The molecule has 0 radical (unpaired) electrons. The monoisotopic (exact) mass is 563 g/mol. The third-order valence-electron chi connectivity index (χ3n) is 5.46. The number of aliphatic imine (C=N–C) groups is 1. The number of guanidine groups is 1. The van der Waals surface area contributed by atoms with Gasteiger partial charge in [0.1, 0.15) is 0 Å². The van der Waals surface area contributed by atoms with Crippen molar-refractivity contribution in [2.45, 2.75) is 31.8 Å². The maximum Gasteiger partial charge on any atom is 0.409 e. The van der Waals surface area contributed by atoms with E-state index in [4.69, 9.17) is 14.2 Å². The molecule has 9 nitrogen and oxygen atoms in total. The van der Waals surface area contributed by atoms with E-state index in [0.717, 1.165) is 24.4 Å². The maximum atomic E-state index is 11.9. The van der Waals surface area contributed by atoms with Gasteiger partial charge in [0, 0.05) is 32.7 Å². The number of methoxy groups -OCH3 is 2. The SMILES string of the molecule is CCOC(=O)N1CCC(NC(=NC)NCC(c2ccc(OC)c(OC)c2)N(C)C)CC1.I. The van der Waals surface area contributed by atoms with E-state index < -0.39 is 0 Å². The maximum absolute atomic E-state index is 11.9. The molecule has 1 amide bonds. The van der Waals surface area contributed by atoms with Crippen LogP contribution in [0.2, 0.25) is 0 Å². The van der Waals surface area contributed by atoms with E-state index in [9.17, 15) is 4.79 Å². The fourth-order valence-electron chi connectivity index (χ4n) is 3.66. The van der Waals surface area contributed by atoms with Gasteiger partial charge in [-0.25, -0.2) is 4.79 Å². The Labute approximate surface area is 208 Å². The van der Waals surface area contributed by atoms with Crippen LogP contribution in [0.5, 0.6) is 11.5 Å². The Morgan fingerprint density at radius 1 is 1.22 bits per heavy atom. The summed E-state index contributed by atoms with van der Waals surface area (Å²) in [7, 11) is 9.14. The summed E-state index contributed by atoms with van der Waals surface area (Å²) in [6.07, 6.45) is 1.48. The number of hydrogen-bond acceptors (Lipinski definition) is 6. The lowest BCUT2D eigenvalue weighted by Crippen LogP contribution is -2.50. The highest BCUT2D eigenvalue weighted by molar-refractivity contribution is 14.0. The highest BCUT2D eigenvalue weighted by Crippen LogP contribution is 2.31. The second-order valence-electron chi connectivity index (χ2n) is 7.65. The van der Waals surface area contributed by atoms with Gasteiger partial charge in [0.15, 0.2) is 17.5 Å². The molecule has 182 valence electrons. The number of nitrogens with zero attached hydrogens (tertiary/aromatic N) is 3. The van der Waals surface area contributed by atoms with Crippen molar-refractivity contribution in [3.05, 3.63) is 23.8 Å². The van der Waals surface area contributed by atoms with Gasteiger partial charge in [0.05, 0.1) is 26.9 Å². The summed E-state index contributed by atoms with van der Waals surface area (Å²) in [5, 5.41) is 6.92. The van der Waals surface area contributed by atoms with Crippen LogP contribution in [0.1, 0.15) is 31.4 Å². The molecule has 0 saturated carbocycles. The zero-order valence-electron chi connectivity index (χ0n) is 20.0. The van der Waals surface area contributed by atoms with Crippen molar-refractivity contribution < 1.29 is 19.0 Å². The number of halogens is 1. The normalized spacial score (nSPS) is 15.6. The van der Waals surface area contributed by atoms with Crippen LogP contribution in [0.3, 0.4) is 0 Å². The molecular weight excluding hydrogens is 525 g/mol. The van der Waals surface area contributed by atoms with Gasteiger partial charge in [0.25, 0.3) is 0 Å². The first-order valence-corrected chi connectivity index (χ1v) is 10.7. The Hall–Kier alpha value is -1.95. The summed E-state index contributed by atoms with van der Waals surface area (Å²) < 4.78 is 15.9. The molecule has 1 atom stereocenters. The smallest absolute Gasteiger partial charge is 0.409 e. The number of amides is 1. The van der Waals surface area contributed by atoms with Gasteiger partial charge in [-0.05, 0) is 51.6 Å². The largest absolute Gasteiger partial charge is 0.493 e. The third-order valence-corrected chi connectivity index (χ3v) is 5.46. The van der Waals surface area contributed by atoms with Crippen molar-refractivity contribution in [2.24, 2.45) is 4.99 Å². The molecule has 1 fully saturated rings. The number of rotatable bonds is 8. The molecular formula is C22H38IN5O4. The average molecular weight is 563 g/mol. The van der Waals surface area contributed by atoms with Gasteiger partial charge in [-0.2, -0.15) is 0 Å². The molecule has 2 N–H and O–H groups in total. The topological polar surface area (TPSA) is 87.7 Å². The minimum Gasteiger partial charge on any atom is -0.493 e. The Bertz CT molecular complexity index is 739. The van der Waals surface area contributed by atoms with Crippen LogP contribution in [0.25, 0.3) is 0 Å².